The van der Waals surface area contributed by atoms with Gasteiger partial charge in [0.15, 0.2) is 5.96 Å². The van der Waals surface area contributed by atoms with E-state index in [0.717, 1.165) is 0 Å². The number of nitrogens with zero attached hydrogens (tertiary/aromatic N) is 3. The maximum absolute atomic E-state index is 14.5. The summed E-state index contributed by atoms with van der Waals surface area (Å²) in [6.45, 7) is 10.7. The fourth-order valence-electron chi connectivity index (χ4n) is 7.77. The molecule has 0 aliphatic carbocycles. The molecule has 2 heterocycles. The second-order valence-electron chi connectivity index (χ2n) is 17.9. The van der Waals surface area contributed by atoms with E-state index in [2.05, 4.69) is 52.2 Å². The number of H-pyrrole nitrogens is 1. The minimum atomic E-state index is -1.35. The van der Waals surface area contributed by atoms with Crippen LogP contribution in [0.25, 0.3) is 0 Å². The lowest BCUT2D eigenvalue weighted by Crippen LogP contribution is -2.62. The number of carbonyl (C=O) groups is 8. The fourth-order valence-corrected chi connectivity index (χ4v) is 7.77. The molecule has 23 nitrogen and oxygen atoms in total. The molecule has 3 rings (SSSR count). The first-order valence-electron chi connectivity index (χ1n) is 23.5. The van der Waals surface area contributed by atoms with Crippen LogP contribution in [0.5, 0.6) is 5.75 Å². The Morgan fingerprint density at radius 3 is 1.99 bits per heavy atom. The number of hydrogen-bond acceptors (Lipinski definition) is 12. The molecular formula is C46H73N13O10. The number of carboxylic acids is 1. The first kappa shape index (κ1) is 56.5. The van der Waals surface area contributed by atoms with Crippen molar-refractivity contribution in [2.24, 2.45) is 34.2 Å². The molecule has 0 bridgehead atoms. The normalized spacial score (nSPS) is 16.9. The molecule has 0 saturated carbocycles. The van der Waals surface area contributed by atoms with Gasteiger partial charge in [-0.3, -0.25) is 38.6 Å². The summed E-state index contributed by atoms with van der Waals surface area (Å²) >= 11 is 0. The smallest absolute Gasteiger partial charge is 0.326 e. The van der Waals surface area contributed by atoms with Gasteiger partial charge in [0.1, 0.15) is 48.0 Å². The van der Waals surface area contributed by atoms with Crippen molar-refractivity contribution < 1.29 is 48.6 Å². The van der Waals surface area contributed by atoms with Crippen LogP contribution in [0.3, 0.4) is 0 Å². The monoisotopic (exact) mass is 968 g/mol. The third-order valence-electron chi connectivity index (χ3n) is 12.2. The summed E-state index contributed by atoms with van der Waals surface area (Å²) in [5, 5.41) is 38.9. The van der Waals surface area contributed by atoms with Crippen LogP contribution in [-0.2, 0) is 51.2 Å². The lowest BCUT2D eigenvalue weighted by atomic mass is 9.96. The molecule has 1 fully saturated rings. The molecule has 1 aliphatic rings. The molecule has 382 valence electrons. The average Bonchev–Trinajstić information content (AvgIpc) is 4.02. The predicted molar refractivity (Wildman–Crippen MR) is 256 cm³/mol. The van der Waals surface area contributed by atoms with E-state index in [9.17, 15) is 48.6 Å². The lowest BCUT2D eigenvalue weighted by molar-refractivity contribution is -0.146. The topological polar surface area (TPSA) is 358 Å². The fraction of sp³-hybridized carbons (Fsp3) is 0.609. The highest BCUT2D eigenvalue weighted by molar-refractivity contribution is 5.98. The van der Waals surface area contributed by atoms with E-state index in [-0.39, 0.29) is 62.9 Å². The molecule has 14 N–H and O–H groups in total. The third kappa shape index (κ3) is 17.7. The number of nitrogens with one attached hydrogen (secondary N) is 8. The van der Waals surface area contributed by atoms with Crippen molar-refractivity contribution >= 4 is 53.3 Å². The number of amides is 7. The molecule has 0 unspecified atom stereocenters. The summed E-state index contributed by atoms with van der Waals surface area (Å²) in [5.74, 6) is -7.40. The van der Waals surface area contributed by atoms with Gasteiger partial charge in [-0.2, -0.15) is 0 Å². The number of aliphatic carboxylic acids is 1. The second-order valence-corrected chi connectivity index (χ2v) is 17.9. The zero-order valence-corrected chi connectivity index (χ0v) is 40.7. The Bertz CT molecular complexity index is 2060. The van der Waals surface area contributed by atoms with Crippen LogP contribution < -0.4 is 48.7 Å². The standard InChI is InChI=1S/C46H73N13O10/c1-8-26(5)37(43(66)55-33(21-29-22-50-24-52-29)44(67)59-19-11-13-34(59)41(64)58-38(45(68)69)27(6)9-2)57-40(63)32(20-28-14-16-30(60)17-15-28)54-42(65)36(25(3)4)56-39(62)31(53-35(61)23-49-7)12-10-18-51-46(47)48/h14-17,22,24-27,31-34,36-38,49,60H,8-13,18-21,23H2,1-7H3,(H,50,52)(H,53,61)(H,54,65)(H,55,66)(H,56,62)(H,57,63)(H,58,64)(H,68,69)(H4,47,48,51)/t26-,27-,31+,32-,33-,34-,36-,37-,38-/m0/s1. The quantitative estimate of drug-likeness (QED) is 0.0274. The van der Waals surface area contributed by atoms with E-state index in [4.69, 9.17) is 11.5 Å². The number of aromatic hydroxyl groups is 1. The summed E-state index contributed by atoms with van der Waals surface area (Å²) in [6, 6.07) is -2.38. The average molecular weight is 968 g/mol. The molecule has 0 spiro atoms. The van der Waals surface area contributed by atoms with Crippen molar-refractivity contribution in [1.29, 1.82) is 0 Å². The number of nitrogens with two attached hydrogens (primary N) is 2. The number of benzene rings is 1. The van der Waals surface area contributed by atoms with Gasteiger partial charge >= 0.3 is 5.97 Å². The Hall–Kier alpha value is -6.78. The van der Waals surface area contributed by atoms with Crippen LogP contribution in [0.15, 0.2) is 41.8 Å². The minimum Gasteiger partial charge on any atom is -0.508 e. The van der Waals surface area contributed by atoms with Gasteiger partial charge in [0.2, 0.25) is 41.4 Å². The number of phenolic OH excluding ortho intramolecular Hbond substituents is 1. The zero-order valence-electron chi connectivity index (χ0n) is 40.7. The van der Waals surface area contributed by atoms with Crippen molar-refractivity contribution in [2.75, 3.05) is 26.7 Å². The van der Waals surface area contributed by atoms with Crippen molar-refractivity contribution in [3.8, 4) is 5.75 Å². The molecule has 0 radical (unpaired) electrons. The molecule has 7 amide bonds. The molecule has 2 aromatic rings. The third-order valence-corrected chi connectivity index (χ3v) is 12.2. The van der Waals surface area contributed by atoms with Crippen LogP contribution in [-0.4, -0.2) is 147 Å². The van der Waals surface area contributed by atoms with Gasteiger partial charge in [0.25, 0.3) is 0 Å². The SMILES string of the molecule is CC[C@H](C)[C@H](NC(=O)[C@@H]1CCCN1C(=O)[C@H](Cc1cnc[nH]1)NC(=O)[C@@H](NC(=O)[C@H](Cc1ccc(O)cc1)NC(=O)[C@@H](NC(=O)[C@@H](CCCN=C(N)N)NC(=O)CNC)C(C)C)[C@@H](C)CC)C(=O)O. The summed E-state index contributed by atoms with van der Waals surface area (Å²) in [6.07, 6.45) is 4.75. The van der Waals surface area contributed by atoms with Gasteiger partial charge in [-0.25, -0.2) is 9.78 Å². The summed E-state index contributed by atoms with van der Waals surface area (Å²) in [7, 11) is 1.57. The number of carbonyl (C=O) groups excluding carboxylic acids is 7. The number of aromatic amines is 1. The summed E-state index contributed by atoms with van der Waals surface area (Å²) < 4.78 is 0. The van der Waals surface area contributed by atoms with Crippen LogP contribution in [0, 0.1) is 17.8 Å². The highest BCUT2D eigenvalue weighted by atomic mass is 16.4. The molecule has 1 aromatic carbocycles. The summed E-state index contributed by atoms with van der Waals surface area (Å²) in [5.41, 5.74) is 11.9. The van der Waals surface area contributed by atoms with Crippen molar-refractivity contribution in [1.82, 2.24) is 52.1 Å². The van der Waals surface area contributed by atoms with Crippen molar-refractivity contribution in [2.45, 2.75) is 135 Å². The summed E-state index contributed by atoms with van der Waals surface area (Å²) in [4.78, 5) is 122. The molecule has 23 heteroatoms. The van der Waals surface area contributed by atoms with E-state index in [1.54, 1.807) is 46.9 Å². The number of aromatic nitrogens is 2. The number of imidazole rings is 1. The first-order valence-corrected chi connectivity index (χ1v) is 23.5. The van der Waals surface area contributed by atoms with Crippen LogP contribution in [0.2, 0.25) is 0 Å². The van der Waals surface area contributed by atoms with Gasteiger partial charge in [-0.1, -0.05) is 66.5 Å². The van der Waals surface area contributed by atoms with Gasteiger partial charge in [-0.15, -0.1) is 0 Å². The first-order chi connectivity index (χ1) is 32.7. The number of phenols is 1. The Labute approximate surface area is 402 Å². The Kier molecular flexibility index (Phi) is 22.9. The van der Waals surface area contributed by atoms with Gasteiger partial charge in [-0.05, 0) is 68.2 Å². The van der Waals surface area contributed by atoms with Gasteiger partial charge in [0.05, 0.1) is 12.9 Å². The largest absolute Gasteiger partial charge is 0.508 e. The van der Waals surface area contributed by atoms with E-state index in [0.29, 0.717) is 36.9 Å². The molecule has 1 aromatic heterocycles. The minimum absolute atomic E-state index is 0.0369. The maximum atomic E-state index is 14.5. The van der Waals surface area contributed by atoms with Gasteiger partial charge < -0.3 is 68.8 Å². The van der Waals surface area contributed by atoms with E-state index >= 15 is 0 Å². The molecular weight excluding hydrogens is 895 g/mol. The Morgan fingerprint density at radius 2 is 1.41 bits per heavy atom. The zero-order chi connectivity index (χ0) is 51.4. The van der Waals surface area contributed by atoms with Crippen LogP contribution in [0.4, 0.5) is 0 Å². The number of aliphatic imine (C=N–C) groups is 1. The van der Waals surface area contributed by atoms with Crippen molar-refractivity contribution in [3.05, 3.63) is 48.0 Å². The number of carboxylic acid groups (broad SMARTS) is 1. The van der Waals surface area contributed by atoms with E-state index in [1.807, 2.05) is 13.8 Å². The van der Waals surface area contributed by atoms with E-state index in [1.165, 1.54) is 29.6 Å². The Morgan fingerprint density at radius 1 is 0.797 bits per heavy atom. The van der Waals surface area contributed by atoms with Crippen LogP contribution >= 0.6 is 0 Å². The molecule has 1 aliphatic heterocycles. The van der Waals surface area contributed by atoms with Gasteiger partial charge in [0, 0.05) is 37.8 Å². The van der Waals surface area contributed by atoms with Crippen LogP contribution in [0.1, 0.15) is 91.3 Å². The highest BCUT2D eigenvalue weighted by Gasteiger charge is 2.41. The molecule has 9 atom stereocenters. The predicted octanol–water partition coefficient (Wildman–Crippen LogP) is -1.09. The number of rotatable bonds is 28. The van der Waals surface area contributed by atoms with Crippen molar-refractivity contribution in [3.63, 3.8) is 0 Å². The number of likely N-dealkylation sites (tertiary alicyclic amines) is 1. The highest BCUT2D eigenvalue weighted by Crippen LogP contribution is 2.22. The Balaban J connectivity index is 1.92. The number of hydrogen-bond donors (Lipinski definition) is 12. The lowest BCUT2D eigenvalue weighted by Gasteiger charge is -2.32. The molecule has 69 heavy (non-hydrogen) atoms. The second kappa shape index (κ2) is 27.9. The van der Waals surface area contributed by atoms with E-state index < -0.39 is 101 Å². The maximum Gasteiger partial charge on any atom is 0.326 e. The molecule has 1 saturated heterocycles. The number of likely N-dealkylation sites (N-methyl/N-ethyl adjacent to an activating group) is 1. The number of guanidine groups is 1.